The highest BCUT2D eigenvalue weighted by atomic mass is 32.2. The van der Waals surface area contributed by atoms with Crippen LogP contribution in [0.3, 0.4) is 0 Å². The summed E-state index contributed by atoms with van der Waals surface area (Å²) in [5.41, 5.74) is 2.35. The quantitative estimate of drug-likeness (QED) is 0.860. The molecule has 1 aromatic carbocycles. The van der Waals surface area contributed by atoms with Crippen molar-refractivity contribution < 1.29 is 9.53 Å². The van der Waals surface area contributed by atoms with Crippen molar-refractivity contribution in [1.29, 1.82) is 0 Å². The monoisotopic (exact) mass is 267 g/mol. The van der Waals surface area contributed by atoms with Gasteiger partial charge < -0.3 is 10.1 Å². The van der Waals surface area contributed by atoms with Crippen molar-refractivity contribution in [1.82, 2.24) is 5.32 Å². The molecule has 100 valence electrons. The number of thioether (sulfide) groups is 1. The molecular formula is C14H21NO2S. The Bertz CT molecular complexity index is 407. The lowest BCUT2D eigenvalue weighted by Crippen LogP contribution is -2.36. The standard InChI is InChI=1S/C14H21NO2S/c1-10-7-12(5-6-14(10)17-3)8-13(9-18-4)15-11(2)16/h5-7,13H,8-9H2,1-4H3,(H,15,16)/t13-/m0/s1. The first kappa shape index (κ1) is 14.9. The Morgan fingerprint density at radius 1 is 1.50 bits per heavy atom. The van der Waals surface area contributed by atoms with E-state index in [0.717, 1.165) is 23.5 Å². The molecular weight excluding hydrogens is 246 g/mol. The van der Waals surface area contributed by atoms with E-state index >= 15 is 0 Å². The second-order valence-corrected chi connectivity index (χ2v) is 5.27. The van der Waals surface area contributed by atoms with Gasteiger partial charge in [0.05, 0.1) is 7.11 Å². The van der Waals surface area contributed by atoms with E-state index in [-0.39, 0.29) is 11.9 Å². The number of nitrogens with one attached hydrogen (secondary N) is 1. The number of aryl methyl sites for hydroxylation is 1. The predicted molar refractivity (Wildman–Crippen MR) is 77.4 cm³/mol. The highest BCUT2D eigenvalue weighted by Crippen LogP contribution is 2.19. The molecule has 0 aromatic heterocycles. The molecule has 0 radical (unpaired) electrons. The minimum absolute atomic E-state index is 0.0271. The number of ether oxygens (including phenoxy) is 1. The first-order valence-corrected chi connectivity index (χ1v) is 7.35. The molecule has 0 aliphatic heterocycles. The van der Waals surface area contributed by atoms with Crippen molar-refractivity contribution >= 4 is 17.7 Å². The van der Waals surface area contributed by atoms with Crippen molar-refractivity contribution in [2.75, 3.05) is 19.1 Å². The zero-order valence-electron chi connectivity index (χ0n) is 11.4. The van der Waals surface area contributed by atoms with Crippen molar-refractivity contribution in [3.05, 3.63) is 29.3 Å². The summed E-state index contributed by atoms with van der Waals surface area (Å²) < 4.78 is 5.24. The maximum Gasteiger partial charge on any atom is 0.217 e. The molecule has 18 heavy (non-hydrogen) atoms. The third kappa shape index (κ3) is 4.61. The summed E-state index contributed by atoms with van der Waals surface area (Å²) in [6, 6.07) is 6.34. The molecule has 0 fully saturated rings. The number of carbonyl (C=O) groups excluding carboxylic acids is 1. The average molecular weight is 267 g/mol. The Morgan fingerprint density at radius 3 is 2.72 bits per heavy atom. The molecule has 1 atom stereocenters. The first-order valence-electron chi connectivity index (χ1n) is 5.96. The summed E-state index contributed by atoms with van der Waals surface area (Å²) >= 11 is 1.74. The van der Waals surface area contributed by atoms with Gasteiger partial charge in [0.15, 0.2) is 0 Å². The van der Waals surface area contributed by atoms with E-state index in [9.17, 15) is 4.79 Å². The summed E-state index contributed by atoms with van der Waals surface area (Å²) in [6.07, 6.45) is 2.90. The van der Waals surface area contributed by atoms with E-state index in [1.165, 1.54) is 5.56 Å². The molecule has 1 N–H and O–H groups in total. The minimum atomic E-state index is 0.0271. The van der Waals surface area contributed by atoms with E-state index in [2.05, 4.69) is 17.4 Å². The van der Waals surface area contributed by atoms with Gasteiger partial charge in [0, 0.05) is 18.7 Å². The fraction of sp³-hybridized carbons (Fsp3) is 0.500. The summed E-state index contributed by atoms with van der Waals surface area (Å²) in [6.45, 7) is 3.59. The van der Waals surface area contributed by atoms with Crippen LogP contribution in [0, 0.1) is 6.92 Å². The molecule has 1 rings (SSSR count). The van der Waals surface area contributed by atoms with Gasteiger partial charge in [0.25, 0.3) is 0 Å². The number of methoxy groups -OCH3 is 1. The Balaban J connectivity index is 2.73. The zero-order valence-corrected chi connectivity index (χ0v) is 12.3. The third-order valence-corrected chi connectivity index (χ3v) is 3.45. The van der Waals surface area contributed by atoms with E-state index in [4.69, 9.17) is 4.74 Å². The van der Waals surface area contributed by atoms with Crippen LogP contribution in [0.1, 0.15) is 18.1 Å². The van der Waals surface area contributed by atoms with Gasteiger partial charge in [-0.05, 0) is 36.8 Å². The number of carbonyl (C=O) groups is 1. The maximum absolute atomic E-state index is 11.1. The number of hydrogen-bond acceptors (Lipinski definition) is 3. The van der Waals surface area contributed by atoms with E-state index < -0.39 is 0 Å². The van der Waals surface area contributed by atoms with Gasteiger partial charge in [-0.2, -0.15) is 11.8 Å². The predicted octanol–water partition coefficient (Wildman–Crippen LogP) is 2.41. The molecule has 0 saturated heterocycles. The Morgan fingerprint density at radius 2 is 2.22 bits per heavy atom. The van der Waals surface area contributed by atoms with Crippen LogP contribution in [0.2, 0.25) is 0 Å². The number of rotatable bonds is 6. The van der Waals surface area contributed by atoms with Crippen LogP contribution in [-0.4, -0.2) is 31.1 Å². The number of hydrogen-bond donors (Lipinski definition) is 1. The molecule has 0 unspecified atom stereocenters. The van der Waals surface area contributed by atoms with Crippen LogP contribution in [0.15, 0.2) is 18.2 Å². The Hall–Kier alpha value is -1.16. The lowest BCUT2D eigenvalue weighted by atomic mass is 10.0. The van der Waals surface area contributed by atoms with Crippen LogP contribution in [0.25, 0.3) is 0 Å². The average Bonchev–Trinajstić information content (AvgIpc) is 2.28. The van der Waals surface area contributed by atoms with Gasteiger partial charge >= 0.3 is 0 Å². The molecule has 0 heterocycles. The topological polar surface area (TPSA) is 38.3 Å². The van der Waals surface area contributed by atoms with Crippen molar-refractivity contribution in [3.8, 4) is 5.75 Å². The Kier molecular flexibility index (Phi) is 6.05. The third-order valence-electron chi connectivity index (χ3n) is 2.72. The minimum Gasteiger partial charge on any atom is -0.496 e. The SMILES string of the molecule is COc1ccc(C[C@@H](CSC)NC(C)=O)cc1C. The van der Waals surface area contributed by atoms with Crippen LogP contribution < -0.4 is 10.1 Å². The lowest BCUT2D eigenvalue weighted by Gasteiger charge is -2.17. The largest absolute Gasteiger partial charge is 0.496 e. The van der Waals surface area contributed by atoms with Crippen molar-refractivity contribution in [2.24, 2.45) is 0 Å². The van der Waals surface area contributed by atoms with Gasteiger partial charge in [0.2, 0.25) is 5.91 Å². The Labute approximate surface area is 113 Å². The van der Waals surface area contributed by atoms with Gasteiger partial charge in [0.1, 0.15) is 5.75 Å². The number of benzene rings is 1. The number of amides is 1. The summed E-state index contributed by atoms with van der Waals surface area (Å²) in [5.74, 6) is 1.85. The first-order chi connectivity index (χ1) is 8.56. The molecule has 0 aliphatic rings. The van der Waals surface area contributed by atoms with Gasteiger partial charge in [-0.15, -0.1) is 0 Å². The normalized spacial score (nSPS) is 12.0. The molecule has 0 saturated carbocycles. The van der Waals surface area contributed by atoms with Crippen LogP contribution in [-0.2, 0) is 11.2 Å². The van der Waals surface area contributed by atoms with Crippen LogP contribution in [0.5, 0.6) is 5.75 Å². The van der Waals surface area contributed by atoms with E-state index in [1.54, 1.807) is 25.8 Å². The van der Waals surface area contributed by atoms with Crippen LogP contribution in [0.4, 0.5) is 0 Å². The summed E-state index contributed by atoms with van der Waals surface area (Å²) in [7, 11) is 1.68. The lowest BCUT2D eigenvalue weighted by molar-refractivity contribution is -0.119. The molecule has 0 spiro atoms. The van der Waals surface area contributed by atoms with Crippen molar-refractivity contribution in [3.63, 3.8) is 0 Å². The van der Waals surface area contributed by atoms with Gasteiger partial charge in [-0.1, -0.05) is 12.1 Å². The van der Waals surface area contributed by atoms with E-state index in [1.807, 2.05) is 19.2 Å². The summed E-state index contributed by atoms with van der Waals surface area (Å²) in [4.78, 5) is 11.1. The molecule has 3 nitrogen and oxygen atoms in total. The molecule has 1 aromatic rings. The molecule has 0 aliphatic carbocycles. The van der Waals surface area contributed by atoms with Gasteiger partial charge in [-0.25, -0.2) is 0 Å². The van der Waals surface area contributed by atoms with Crippen LogP contribution >= 0.6 is 11.8 Å². The smallest absolute Gasteiger partial charge is 0.217 e. The second kappa shape index (κ2) is 7.31. The maximum atomic E-state index is 11.1. The zero-order chi connectivity index (χ0) is 13.5. The second-order valence-electron chi connectivity index (χ2n) is 4.36. The molecule has 0 bridgehead atoms. The highest BCUT2D eigenvalue weighted by molar-refractivity contribution is 7.98. The molecule has 1 amide bonds. The molecule has 4 heteroatoms. The fourth-order valence-electron chi connectivity index (χ4n) is 1.99. The van der Waals surface area contributed by atoms with Crippen molar-refractivity contribution in [2.45, 2.75) is 26.3 Å². The van der Waals surface area contributed by atoms with Gasteiger partial charge in [-0.3, -0.25) is 4.79 Å². The highest BCUT2D eigenvalue weighted by Gasteiger charge is 2.11. The summed E-state index contributed by atoms with van der Waals surface area (Å²) in [5, 5.41) is 2.99. The van der Waals surface area contributed by atoms with E-state index in [0.29, 0.717) is 0 Å². The fourth-order valence-corrected chi connectivity index (χ4v) is 2.60.